The minimum atomic E-state index is -4.18. The second kappa shape index (κ2) is 5.34. The van der Waals surface area contributed by atoms with Crippen molar-refractivity contribution in [1.82, 2.24) is 9.55 Å². The average Bonchev–Trinajstić information content (AvgIpc) is 2.75. The van der Waals surface area contributed by atoms with Crippen molar-refractivity contribution in [1.29, 1.82) is 0 Å². The van der Waals surface area contributed by atoms with E-state index in [2.05, 4.69) is 4.98 Å². The van der Waals surface area contributed by atoms with Crippen LogP contribution in [-0.2, 0) is 13.0 Å². The number of aromatic nitrogens is 2. The van der Waals surface area contributed by atoms with Crippen LogP contribution in [0, 0.1) is 0 Å². The van der Waals surface area contributed by atoms with Crippen molar-refractivity contribution in [2.24, 2.45) is 0 Å². The van der Waals surface area contributed by atoms with Gasteiger partial charge in [0.1, 0.15) is 5.82 Å². The number of rotatable bonds is 5. The van der Waals surface area contributed by atoms with Crippen LogP contribution < -0.4 is 0 Å². The lowest BCUT2D eigenvalue weighted by Crippen LogP contribution is -2.32. The minimum Gasteiger partial charge on any atom is -0.478 e. The van der Waals surface area contributed by atoms with Gasteiger partial charge < -0.3 is 9.67 Å². The van der Waals surface area contributed by atoms with Crippen LogP contribution in [0.15, 0.2) is 18.2 Å². The van der Waals surface area contributed by atoms with Gasteiger partial charge in [0.15, 0.2) is 0 Å². The maximum atomic E-state index is 13.3. The van der Waals surface area contributed by atoms with E-state index < -0.39 is 24.9 Å². The Morgan fingerprint density at radius 3 is 2.62 bits per heavy atom. The molecule has 0 bridgehead atoms. The van der Waals surface area contributed by atoms with E-state index in [4.69, 9.17) is 5.11 Å². The molecule has 1 heterocycles. The van der Waals surface area contributed by atoms with Crippen LogP contribution in [0.1, 0.15) is 23.1 Å². The Bertz CT molecular complexity index is 682. The summed E-state index contributed by atoms with van der Waals surface area (Å²) in [5, 5.41) is 8.88. The SMILES string of the molecule is CCc1nc2cc(C(=O)O)ccc2n1CC(F)(F)C(F)F. The lowest BCUT2D eigenvalue weighted by molar-refractivity contribution is -0.137. The molecule has 0 spiro atoms. The smallest absolute Gasteiger partial charge is 0.335 e. The fourth-order valence-corrected chi connectivity index (χ4v) is 2.04. The number of aryl methyl sites for hydroxylation is 1. The number of aromatic carboxylic acids is 1. The summed E-state index contributed by atoms with van der Waals surface area (Å²) in [7, 11) is 0. The predicted molar refractivity (Wildman–Crippen MR) is 67.0 cm³/mol. The fraction of sp³-hybridized carbons (Fsp3) is 0.385. The van der Waals surface area contributed by atoms with Crippen LogP contribution in [0.25, 0.3) is 11.0 Å². The van der Waals surface area contributed by atoms with Crippen LogP contribution >= 0.6 is 0 Å². The van der Waals surface area contributed by atoms with Crippen molar-refractivity contribution in [3.8, 4) is 0 Å². The summed E-state index contributed by atoms with van der Waals surface area (Å²) in [6.07, 6.45) is -3.52. The van der Waals surface area contributed by atoms with Crippen LogP contribution in [0.2, 0.25) is 0 Å². The summed E-state index contributed by atoms with van der Waals surface area (Å²) in [5.41, 5.74) is 0.351. The summed E-state index contributed by atoms with van der Waals surface area (Å²) in [5.74, 6) is -5.15. The Hall–Kier alpha value is -2.12. The Kier molecular flexibility index (Phi) is 3.89. The van der Waals surface area contributed by atoms with Gasteiger partial charge in [0.05, 0.1) is 23.1 Å². The number of carboxylic acid groups (broad SMARTS) is 1. The summed E-state index contributed by atoms with van der Waals surface area (Å²) in [4.78, 5) is 14.9. The third kappa shape index (κ3) is 2.84. The molecule has 0 amide bonds. The van der Waals surface area contributed by atoms with Gasteiger partial charge in [-0.25, -0.2) is 18.6 Å². The molecular formula is C13H12F4N2O2. The van der Waals surface area contributed by atoms with Crippen molar-refractivity contribution in [3.63, 3.8) is 0 Å². The molecule has 0 aliphatic rings. The highest BCUT2D eigenvalue weighted by atomic mass is 19.3. The van der Waals surface area contributed by atoms with Crippen LogP contribution in [0.4, 0.5) is 17.6 Å². The number of halogens is 4. The van der Waals surface area contributed by atoms with E-state index in [0.717, 1.165) is 4.57 Å². The van der Waals surface area contributed by atoms with E-state index in [1.54, 1.807) is 6.92 Å². The lowest BCUT2D eigenvalue weighted by Gasteiger charge is -2.17. The Morgan fingerprint density at radius 1 is 1.43 bits per heavy atom. The van der Waals surface area contributed by atoms with Crippen molar-refractivity contribution < 1.29 is 27.5 Å². The summed E-state index contributed by atoms with van der Waals surface area (Å²) in [6, 6.07) is 3.75. The number of hydrogen-bond donors (Lipinski definition) is 1. The molecule has 2 rings (SSSR count). The first-order valence-corrected chi connectivity index (χ1v) is 6.14. The molecule has 4 nitrogen and oxygen atoms in total. The van der Waals surface area contributed by atoms with Crippen LogP contribution in [-0.4, -0.2) is 33.0 Å². The highest BCUT2D eigenvalue weighted by Crippen LogP contribution is 2.28. The van der Waals surface area contributed by atoms with Crippen molar-refractivity contribution in [3.05, 3.63) is 29.6 Å². The maximum absolute atomic E-state index is 13.3. The molecule has 0 saturated carbocycles. The average molecular weight is 304 g/mol. The summed E-state index contributed by atoms with van der Waals surface area (Å²) < 4.78 is 52.2. The highest BCUT2D eigenvalue weighted by Gasteiger charge is 2.41. The highest BCUT2D eigenvalue weighted by molar-refractivity contribution is 5.92. The van der Waals surface area contributed by atoms with Gasteiger partial charge in [0, 0.05) is 6.42 Å². The molecule has 114 valence electrons. The Balaban J connectivity index is 2.54. The Labute approximate surface area is 117 Å². The first-order chi connectivity index (χ1) is 9.76. The van der Waals surface area contributed by atoms with E-state index in [-0.39, 0.29) is 28.8 Å². The zero-order valence-electron chi connectivity index (χ0n) is 11.0. The topological polar surface area (TPSA) is 55.1 Å². The molecule has 0 unspecified atom stereocenters. The molecule has 0 saturated heterocycles. The molecule has 21 heavy (non-hydrogen) atoms. The zero-order chi connectivity index (χ0) is 15.8. The number of carboxylic acids is 1. The molecule has 2 aromatic rings. The second-order valence-electron chi connectivity index (χ2n) is 4.54. The quantitative estimate of drug-likeness (QED) is 0.863. The number of fused-ring (bicyclic) bond motifs is 1. The number of alkyl halides is 4. The largest absolute Gasteiger partial charge is 0.478 e. The first-order valence-electron chi connectivity index (χ1n) is 6.14. The van der Waals surface area contributed by atoms with Gasteiger partial charge in [0.2, 0.25) is 0 Å². The monoisotopic (exact) mass is 304 g/mol. The number of hydrogen-bond acceptors (Lipinski definition) is 2. The van der Waals surface area contributed by atoms with Gasteiger partial charge in [-0.1, -0.05) is 6.92 Å². The van der Waals surface area contributed by atoms with Gasteiger partial charge in [0.25, 0.3) is 0 Å². The van der Waals surface area contributed by atoms with E-state index in [1.807, 2.05) is 0 Å². The van der Waals surface area contributed by atoms with Gasteiger partial charge in [-0.05, 0) is 18.2 Å². The molecule has 1 aromatic heterocycles. The normalized spacial score (nSPS) is 12.3. The van der Waals surface area contributed by atoms with Crippen molar-refractivity contribution in [2.75, 3.05) is 0 Å². The van der Waals surface area contributed by atoms with Gasteiger partial charge in [-0.15, -0.1) is 0 Å². The third-order valence-corrected chi connectivity index (χ3v) is 3.08. The lowest BCUT2D eigenvalue weighted by atomic mass is 10.2. The molecule has 0 radical (unpaired) electrons. The van der Waals surface area contributed by atoms with Crippen molar-refractivity contribution in [2.45, 2.75) is 32.2 Å². The molecule has 0 aliphatic heterocycles. The predicted octanol–water partition coefficient (Wildman–Crippen LogP) is 3.20. The van der Waals surface area contributed by atoms with E-state index >= 15 is 0 Å². The molecule has 8 heteroatoms. The molecule has 0 atom stereocenters. The minimum absolute atomic E-state index is 0.0459. The number of nitrogens with zero attached hydrogens (tertiary/aromatic N) is 2. The molecular weight excluding hydrogens is 292 g/mol. The van der Waals surface area contributed by atoms with E-state index in [0.29, 0.717) is 0 Å². The number of benzene rings is 1. The fourth-order valence-electron chi connectivity index (χ4n) is 2.04. The molecule has 0 aliphatic carbocycles. The molecule has 0 fully saturated rings. The molecule has 1 aromatic carbocycles. The standard InChI is InChI=1S/C13H12F4N2O2/c1-2-10-18-8-5-7(11(20)21)3-4-9(8)19(10)6-13(16,17)12(14)15/h3-5,12H,2,6H2,1H3,(H,20,21). The van der Waals surface area contributed by atoms with Gasteiger partial charge in [-0.2, -0.15) is 8.78 Å². The number of imidazole rings is 1. The van der Waals surface area contributed by atoms with Crippen molar-refractivity contribution >= 4 is 17.0 Å². The second-order valence-corrected chi connectivity index (χ2v) is 4.54. The Morgan fingerprint density at radius 2 is 2.10 bits per heavy atom. The zero-order valence-corrected chi connectivity index (χ0v) is 11.0. The maximum Gasteiger partial charge on any atom is 0.335 e. The van der Waals surface area contributed by atoms with Crippen LogP contribution in [0.5, 0.6) is 0 Å². The van der Waals surface area contributed by atoms with Gasteiger partial charge in [-0.3, -0.25) is 0 Å². The third-order valence-electron chi connectivity index (χ3n) is 3.08. The first kappa shape index (κ1) is 15.3. The summed E-state index contributed by atoms with van der Waals surface area (Å²) >= 11 is 0. The summed E-state index contributed by atoms with van der Waals surface area (Å²) in [6.45, 7) is 0.451. The number of carbonyl (C=O) groups is 1. The van der Waals surface area contributed by atoms with Gasteiger partial charge >= 0.3 is 18.3 Å². The molecule has 1 N–H and O–H groups in total. The van der Waals surface area contributed by atoms with E-state index in [9.17, 15) is 22.4 Å². The van der Waals surface area contributed by atoms with Crippen LogP contribution in [0.3, 0.4) is 0 Å². The van der Waals surface area contributed by atoms with E-state index in [1.165, 1.54) is 18.2 Å².